The van der Waals surface area contributed by atoms with E-state index in [1.54, 1.807) is 0 Å². The SMILES string of the molecule is CC(C)Oc1cc(N)cc(-n2ccc(C3CC3)n2)c1. The molecule has 3 rings (SSSR count). The topological polar surface area (TPSA) is 53.1 Å². The van der Waals surface area contributed by atoms with E-state index in [2.05, 4.69) is 11.2 Å². The van der Waals surface area contributed by atoms with Crippen molar-refractivity contribution in [2.45, 2.75) is 38.7 Å². The molecule has 4 nitrogen and oxygen atoms in total. The summed E-state index contributed by atoms with van der Waals surface area (Å²) in [4.78, 5) is 0. The quantitative estimate of drug-likeness (QED) is 0.856. The number of nitrogens with two attached hydrogens (primary N) is 1. The largest absolute Gasteiger partial charge is 0.491 e. The normalized spacial score (nSPS) is 14.9. The Bertz CT molecular complexity index is 585. The lowest BCUT2D eigenvalue weighted by Gasteiger charge is -2.12. The number of nitrogen functional groups attached to an aromatic ring is 1. The van der Waals surface area contributed by atoms with Crippen molar-refractivity contribution < 1.29 is 4.74 Å². The maximum atomic E-state index is 5.93. The average molecular weight is 257 g/mol. The van der Waals surface area contributed by atoms with Gasteiger partial charge in [-0.3, -0.25) is 0 Å². The van der Waals surface area contributed by atoms with Crippen LogP contribution in [-0.4, -0.2) is 15.9 Å². The fourth-order valence-corrected chi connectivity index (χ4v) is 2.16. The van der Waals surface area contributed by atoms with Crippen LogP contribution in [0.25, 0.3) is 5.69 Å². The molecule has 2 N–H and O–H groups in total. The molecule has 2 aromatic rings. The number of nitrogens with zero attached hydrogens (tertiary/aromatic N) is 2. The second-order valence-electron chi connectivity index (χ2n) is 5.39. The van der Waals surface area contributed by atoms with Crippen LogP contribution in [0.1, 0.15) is 38.3 Å². The van der Waals surface area contributed by atoms with Crippen molar-refractivity contribution in [1.29, 1.82) is 0 Å². The van der Waals surface area contributed by atoms with Crippen molar-refractivity contribution >= 4 is 5.69 Å². The summed E-state index contributed by atoms with van der Waals surface area (Å²) in [6.45, 7) is 4.00. The second kappa shape index (κ2) is 4.61. The maximum absolute atomic E-state index is 5.93. The molecule has 0 spiro atoms. The third kappa shape index (κ3) is 2.72. The van der Waals surface area contributed by atoms with Gasteiger partial charge in [0.05, 0.1) is 17.5 Å². The zero-order valence-corrected chi connectivity index (χ0v) is 11.3. The first-order valence-corrected chi connectivity index (χ1v) is 6.75. The van der Waals surface area contributed by atoms with Crippen molar-refractivity contribution in [3.8, 4) is 11.4 Å². The highest BCUT2D eigenvalue weighted by molar-refractivity contribution is 5.53. The zero-order valence-electron chi connectivity index (χ0n) is 11.3. The van der Waals surface area contributed by atoms with Crippen molar-refractivity contribution in [3.05, 3.63) is 36.2 Å². The van der Waals surface area contributed by atoms with E-state index in [0.29, 0.717) is 11.6 Å². The monoisotopic (exact) mass is 257 g/mol. The molecule has 1 aromatic heterocycles. The molecule has 1 aliphatic rings. The van der Waals surface area contributed by atoms with E-state index in [4.69, 9.17) is 10.5 Å². The molecule has 1 heterocycles. The highest BCUT2D eigenvalue weighted by Gasteiger charge is 2.25. The van der Waals surface area contributed by atoms with E-state index in [1.807, 2.05) is 42.9 Å². The molecule has 19 heavy (non-hydrogen) atoms. The fourth-order valence-electron chi connectivity index (χ4n) is 2.16. The Labute approximate surface area is 113 Å². The summed E-state index contributed by atoms with van der Waals surface area (Å²) in [6.07, 6.45) is 4.64. The van der Waals surface area contributed by atoms with Crippen LogP contribution in [0.2, 0.25) is 0 Å². The summed E-state index contributed by atoms with van der Waals surface area (Å²) in [5.74, 6) is 1.45. The molecule has 0 saturated heterocycles. The zero-order chi connectivity index (χ0) is 13.4. The van der Waals surface area contributed by atoms with Gasteiger partial charge in [-0.05, 0) is 38.8 Å². The van der Waals surface area contributed by atoms with Crippen LogP contribution >= 0.6 is 0 Å². The van der Waals surface area contributed by atoms with E-state index in [-0.39, 0.29) is 6.10 Å². The van der Waals surface area contributed by atoms with Crippen molar-refractivity contribution in [2.24, 2.45) is 0 Å². The Morgan fingerprint density at radius 3 is 2.79 bits per heavy atom. The summed E-state index contributed by atoms with van der Waals surface area (Å²) in [7, 11) is 0. The molecule has 4 heteroatoms. The van der Waals surface area contributed by atoms with Gasteiger partial charge in [0.1, 0.15) is 5.75 Å². The van der Waals surface area contributed by atoms with Gasteiger partial charge in [-0.2, -0.15) is 5.10 Å². The van der Waals surface area contributed by atoms with Crippen molar-refractivity contribution in [2.75, 3.05) is 5.73 Å². The Hall–Kier alpha value is -1.97. The van der Waals surface area contributed by atoms with Gasteiger partial charge in [-0.1, -0.05) is 0 Å². The molecule has 1 fully saturated rings. The van der Waals surface area contributed by atoms with Gasteiger partial charge in [0.15, 0.2) is 0 Å². The first kappa shape index (κ1) is 12.1. The van der Waals surface area contributed by atoms with E-state index >= 15 is 0 Å². The summed E-state index contributed by atoms with van der Waals surface area (Å²) in [6, 6.07) is 7.82. The Morgan fingerprint density at radius 1 is 1.32 bits per heavy atom. The molecule has 1 aromatic carbocycles. The third-order valence-electron chi connectivity index (χ3n) is 3.16. The van der Waals surface area contributed by atoms with Crippen LogP contribution in [0.3, 0.4) is 0 Å². The number of rotatable bonds is 4. The summed E-state index contributed by atoms with van der Waals surface area (Å²) in [5, 5.41) is 4.61. The molecule has 0 amide bonds. The third-order valence-corrected chi connectivity index (χ3v) is 3.16. The number of aromatic nitrogens is 2. The Morgan fingerprint density at radius 2 is 2.11 bits per heavy atom. The highest BCUT2D eigenvalue weighted by Crippen LogP contribution is 2.39. The smallest absolute Gasteiger partial charge is 0.123 e. The van der Waals surface area contributed by atoms with Gasteiger partial charge in [0.2, 0.25) is 0 Å². The number of hydrogen-bond acceptors (Lipinski definition) is 3. The first-order chi connectivity index (χ1) is 9.11. The van der Waals surface area contributed by atoms with E-state index in [0.717, 1.165) is 11.4 Å². The van der Waals surface area contributed by atoms with E-state index in [9.17, 15) is 0 Å². The second-order valence-corrected chi connectivity index (χ2v) is 5.39. The van der Waals surface area contributed by atoms with Crippen LogP contribution < -0.4 is 10.5 Å². The summed E-state index contributed by atoms with van der Waals surface area (Å²) in [5.41, 5.74) is 8.74. The van der Waals surface area contributed by atoms with Gasteiger partial charge in [0.25, 0.3) is 0 Å². The van der Waals surface area contributed by atoms with Crippen LogP contribution in [0.5, 0.6) is 5.75 Å². The van der Waals surface area contributed by atoms with Crippen molar-refractivity contribution in [1.82, 2.24) is 9.78 Å². The first-order valence-electron chi connectivity index (χ1n) is 6.75. The lowest BCUT2D eigenvalue weighted by atomic mass is 10.2. The number of hydrogen-bond donors (Lipinski definition) is 1. The molecule has 0 bridgehead atoms. The van der Waals surface area contributed by atoms with Gasteiger partial charge in [-0.15, -0.1) is 0 Å². The fraction of sp³-hybridized carbons (Fsp3) is 0.400. The van der Waals surface area contributed by atoms with Gasteiger partial charge in [-0.25, -0.2) is 4.68 Å². The van der Waals surface area contributed by atoms with Crippen LogP contribution in [0.4, 0.5) is 5.69 Å². The minimum Gasteiger partial charge on any atom is -0.491 e. The van der Waals surface area contributed by atoms with E-state index < -0.39 is 0 Å². The lowest BCUT2D eigenvalue weighted by Crippen LogP contribution is -2.07. The number of ether oxygens (including phenoxy) is 1. The van der Waals surface area contributed by atoms with Gasteiger partial charge < -0.3 is 10.5 Å². The number of benzene rings is 1. The molecular weight excluding hydrogens is 238 g/mol. The van der Waals surface area contributed by atoms with Crippen LogP contribution in [0.15, 0.2) is 30.5 Å². The van der Waals surface area contributed by atoms with E-state index in [1.165, 1.54) is 18.5 Å². The van der Waals surface area contributed by atoms with Crippen LogP contribution in [-0.2, 0) is 0 Å². The van der Waals surface area contributed by atoms with Gasteiger partial charge >= 0.3 is 0 Å². The molecule has 100 valence electrons. The molecule has 1 saturated carbocycles. The predicted molar refractivity (Wildman–Crippen MR) is 75.7 cm³/mol. The summed E-state index contributed by atoms with van der Waals surface area (Å²) >= 11 is 0. The molecular formula is C15H19N3O. The van der Waals surface area contributed by atoms with Crippen LogP contribution in [0, 0.1) is 0 Å². The predicted octanol–water partition coefficient (Wildman–Crippen LogP) is 3.12. The molecule has 0 radical (unpaired) electrons. The number of anilines is 1. The Kier molecular flexibility index (Phi) is 2.93. The molecule has 1 aliphatic carbocycles. The lowest BCUT2D eigenvalue weighted by molar-refractivity contribution is 0.242. The molecule has 0 aliphatic heterocycles. The summed E-state index contributed by atoms with van der Waals surface area (Å²) < 4.78 is 7.57. The van der Waals surface area contributed by atoms with Crippen molar-refractivity contribution in [3.63, 3.8) is 0 Å². The van der Waals surface area contributed by atoms with Gasteiger partial charge in [0, 0.05) is 29.9 Å². The molecule has 0 unspecified atom stereocenters. The standard InChI is InChI=1S/C15H19N3O/c1-10(2)19-14-8-12(16)7-13(9-14)18-6-5-15(17-18)11-3-4-11/h5-11H,3-4,16H2,1-2H3. The minimum atomic E-state index is 0.134. The minimum absolute atomic E-state index is 0.134. The molecule has 0 atom stereocenters. The average Bonchev–Trinajstić information content (AvgIpc) is 3.05. The maximum Gasteiger partial charge on any atom is 0.123 e. The Balaban J connectivity index is 1.91. The highest BCUT2D eigenvalue weighted by atomic mass is 16.5.